The van der Waals surface area contributed by atoms with Crippen LogP contribution in [0.5, 0.6) is 0 Å². The van der Waals surface area contributed by atoms with E-state index in [0.29, 0.717) is 0 Å². The molecule has 0 aromatic heterocycles. The molecule has 0 heterocycles. The van der Waals surface area contributed by atoms with Gasteiger partial charge >= 0.3 is 27.3 Å². The van der Waals surface area contributed by atoms with Gasteiger partial charge in [0.05, 0.1) is 23.9 Å². The van der Waals surface area contributed by atoms with Crippen LogP contribution in [0.2, 0.25) is 0 Å². The van der Waals surface area contributed by atoms with Crippen molar-refractivity contribution in [1.82, 2.24) is 0 Å². The first-order valence-corrected chi connectivity index (χ1v) is 10.3. The maximum Gasteiger partial charge on any atom is 4.00 e. The molecule has 0 aliphatic heterocycles. The van der Waals surface area contributed by atoms with Crippen molar-refractivity contribution in [2.24, 2.45) is 0 Å². The van der Waals surface area contributed by atoms with Gasteiger partial charge in [-0.05, 0) is 22.3 Å². The van der Waals surface area contributed by atoms with Crippen molar-refractivity contribution < 1.29 is 39.6 Å². The Labute approximate surface area is 233 Å². The van der Waals surface area contributed by atoms with Crippen molar-refractivity contribution in [3.8, 4) is 0 Å². The smallest absolute Gasteiger partial charge is 0.545 e. The van der Waals surface area contributed by atoms with Gasteiger partial charge in [-0.2, -0.15) is 0 Å². The summed E-state index contributed by atoms with van der Waals surface area (Å²) in [5.41, 5.74) is 0.880. The molecular formula is C28H20O8Pb. The zero-order chi connectivity index (χ0) is 26.8. The van der Waals surface area contributed by atoms with Crippen molar-refractivity contribution in [3.05, 3.63) is 144 Å². The molecule has 0 unspecified atom stereocenters. The molecule has 0 fully saturated rings. The average Bonchev–Trinajstić information content (AvgIpc) is 2.92. The van der Waals surface area contributed by atoms with Gasteiger partial charge in [-0.1, -0.05) is 121 Å². The molecule has 0 amide bonds. The van der Waals surface area contributed by atoms with Crippen LogP contribution in [0.4, 0.5) is 0 Å². The number of carboxylic acids is 4. The molecule has 4 rings (SSSR count). The second-order valence-corrected chi connectivity index (χ2v) is 6.61. The number of aromatic carboxylic acids is 4. The van der Waals surface area contributed by atoms with Crippen molar-refractivity contribution in [2.45, 2.75) is 0 Å². The van der Waals surface area contributed by atoms with Gasteiger partial charge < -0.3 is 39.6 Å². The third kappa shape index (κ3) is 14.6. The molecule has 4 aromatic carbocycles. The van der Waals surface area contributed by atoms with Gasteiger partial charge in [0.2, 0.25) is 0 Å². The normalized spacial score (nSPS) is 8.65. The van der Waals surface area contributed by atoms with Crippen LogP contribution in [0.15, 0.2) is 121 Å². The Balaban J connectivity index is 0.000000463. The van der Waals surface area contributed by atoms with Gasteiger partial charge in [0.1, 0.15) is 0 Å². The minimum absolute atomic E-state index is 0. The van der Waals surface area contributed by atoms with Crippen LogP contribution < -0.4 is 20.4 Å². The van der Waals surface area contributed by atoms with Crippen LogP contribution in [-0.4, -0.2) is 51.2 Å². The minimum Gasteiger partial charge on any atom is -0.545 e. The molecule has 0 saturated carbocycles. The summed E-state index contributed by atoms with van der Waals surface area (Å²) in [6, 6.07) is 32.3. The summed E-state index contributed by atoms with van der Waals surface area (Å²) in [5, 5.41) is 40.4. The van der Waals surface area contributed by atoms with E-state index in [4.69, 9.17) is 0 Å². The van der Waals surface area contributed by atoms with E-state index in [0.717, 1.165) is 0 Å². The zero-order valence-electron chi connectivity index (χ0n) is 19.3. The van der Waals surface area contributed by atoms with E-state index in [1.165, 1.54) is 48.5 Å². The summed E-state index contributed by atoms with van der Waals surface area (Å²) < 4.78 is 0. The maximum atomic E-state index is 10.1. The third-order valence-corrected chi connectivity index (χ3v) is 4.04. The molecular weight excluding hydrogens is 672 g/mol. The van der Waals surface area contributed by atoms with E-state index in [-0.39, 0.29) is 49.6 Å². The summed E-state index contributed by atoms with van der Waals surface area (Å²) >= 11 is 0. The maximum absolute atomic E-state index is 10.1. The van der Waals surface area contributed by atoms with Gasteiger partial charge in [-0.15, -0.1) is 0 Å². The van der Waals surface area contributed by atoms with E-state index in [9.17, 15) is 39.6 Å². The SMILES string of the molecule is O=C([O-])c1ccccc1.O=C([O-])c1ccccc1.O=C([O-])c1ccccc1.O=C([O-])c1ccccc1.[Pb+4]. The van der Waals surface area contributed by atoms with Crippen molar-refractivity contribution >= 4 is 51.2 Å². The largest absolute Gasteiger partial charge is 4.00 e. The fourth-order valence-electron chi connectivity index (χ4n) is 2.30. The first-order valence-electron chi connectivity index (χ1n) is 10.3. The number of hydrogen-bond acceptors (Lipinski definition) is 8. The molecule has 0 atom stereocenters. The second kappa shape index (κ2) is 18.9. The molecule has 0 aliphatic carbocycles. The number of rotatable bonds is 4. The molecule has 0 N–H and O–H groups in total. The summed E-state index contributed by atoms with van der Waals surface area (Å²) in [5.74, 6) is -4.52. The number of carbonyl (C=O) groups excluding carboxylic acids is 4. The molecule has 0 aliphatic rings. The van der Waals surface area contributed by atoms with E-state index in [1.54, 1.807) is 72.8 Å². The monoisotopic (exact) mass is 692 g/mol. The topological polar surface area (TPSA) is 161 Å². The Hall–Kier alpha value is -4.32. The van der Waals surface area contributed by atoms with Crippen LogP contribution in [0.1, 0.15) is 41.4 Å². The summed E-state index contributed by atoms with van der Waals surface area (Å²) in [6.45, 7) is 0. The Morgan fingerprint density at radius 3 is 0.541 bits per heavy atom. The van der Waals surface area contributed by atoms with E-state index in [2.05, 4.69) is 0 Å². The molecule has 184 valence electrons. The molecule has 8 nitrogen and oxygen atoms in total. The van der Waals surface area contributed by atoms with Crippen molar-refractivity contribution in [2.75, 3.05) is 0 Å². The molecule has 4 aromatic rings. The second-order valence-electron chi connectivity index (χ2n) is 6.61. The van der Waals surface area contributed by atoms with Crippen LogP contribution in [0, 0.1) is 0 Å². The van der Waals surface area contributed by atoms with E-state index in [1.807, 2.05) is 0 Å². The Morgan fingerprint density at radius 1 is 0.324 bits per heavy atom. The van der Waals surface area contributed by atoms with Gasteiger partial charge in [0.25, 0.3) is 0 Å². The van der Waals surface area contributed by atoms with Crippen molar-refractivity contribution in [3.63, 3.8) is 0 Å². The molecule has 9 heteroatoms. The quantitative estimate of drug-likeness (QED) is 0.267. The Bertz CT molecular complexity index is 1020. The molecule has 0 bridgehead atoms. The number of carboxylic acid groups (broad SMARTS) is 4. The number of benzene rings is 4. The van der Waals surface area contributed by atoms with Gasteiger partial charge in [-0.25, -0.2) is 0 Å². The summed E-state index contributed by atoms with van der Waals surface area (Å²) in [6.07, 6.45) is 0. The predicted molar refractivity (Wildman–Crippen MR) is 129 cm³/mol. The summed E-state index contributed by atoms with van der Waals surface area (Å²) in [7, 11) is 0. The standard InChI is InChI=1S/4C7H6O2.Pb/c4*8-7(9)6-4-2-1-3-5-6;/h4*1-5H,(H,8,9);/q;;;;+4/p-4. The van der Waals surface area contributed by atoms with Gasteiger partial charge in [0.15, 0.2) is 0 Å². The van der Waals surface area contributed by atoms with Crippen LogP contribution in [0.25, 0.3) is 0 Å². The Morgan fingerprint density at radius 2 is 0.459 bits per heavy atom. The fraction of sp³-hybridized carbons (Fsp3) is 0. The fourth-order valence-corrected chi connectivity index (χ4v) is 2.30. The average molecular weight is 692 g/mol. The first kappa shape index (κ1) is 32.7. The van der Waals surface area contributed by atoms with Gasteiger partial charge in [-0.3, -0.25) is 0 Å². The van der Waals surface area contributed by atoms with E-state index < -0.39 is 23.9 Å². The molecule has 0 saturated heterocycles. The van der Waals surface area contributed by atoms with Gasteiger partial charge in [0, 0.05) is 0 Å². The number of hydrogen-bond donors (Lipinski definition) is 0. The van der Waals surface area contributed by atoms with Crippen LogP contribution in [-0.2, 0) is 0 Å². The first-order chi connectivity index (χ1) is 17.2. The van der Waals surface area contributed by atoms with Crippen LogP contribution in [0.3, 0.4) is 0 Å². The minimum atomic E-state index is -1.13. The van der Waals surface area contributed by atoms with Crippen molar-refractivity contribution in [1.29, 1.82) is 0 Å². The molecule has 0 radical (unpaired) electrons. The van der Waals surface area contributed by atoms with Crippen LogP contribution >= 0.6 is 0 Å². The zero-order valence-corrected chi connectivity index (χ0v) is 23.2. The Kier molecular flexibility index (Phi) is 16.7. The third-order valence-electron chi connectivity index (χ3n) is 4.04. The predicted octanol–water partition coefficient (Wildman–Crippen LogP) is -0.180. The molecule has 0 spiro atoms. The van der Waals surface area contributed by atoms with E-state index >= 15 is 0 Å². The number of carbonyl (C=O) groups is 4. The summed E-state index contributed by atoms with van der Waals surface area (Å²) in [4.78, 5) is 40.4. The molecule has 37 heavy (non-hydrogen) atoms.